The van der Waals surface area contributed by atoms with Crippen LogP contribution in [0.3, 0.4) is 0 Å². The van der Waals surface area contributed by atoms with Gasteiger partial charge in [0.25, 0.3) is 0 Å². The van der Waals surface area contributed by atoms with Crippen LogP contribution in [0.2, 0.25) is 0 Å². The van der Waals surface area contributed by atoms with E-state index in [1.165, 1.54) is 25.7 Å². The van der Waals surface area contributed by atoms with Crippen molar-refractivity contribution in [1.82, 2.24) is 9.91 Å². The van der Waals surface area contributed by atoms with Crippen molar-refractivity contribution >= 4 is 29.7 Å². The summed E-state index contributed by atoms with van der Waals surface area (Å²) in [7, 11) is 1.81. The monoisotopic (exact) mass is 307 g/mol. The molecule has 2 heterocycles. The fraction of sp³-hybridized carbons (Fsp3) is 0.800. The number of aldehydes is 1. The van der Waals surface area contributed by atoms with Crippen molar-refractivity contribution in [3.05, 3.63) is 0 Å². The Hall–Kier alpha value is -1.04. The first-order chi connectivity index (χ1) is 10.1. The fourth-order valence-electron chi connectivity index (χ4n) is 3.58. The second kappa shape index (κ2) is 4.73. The molecule has 6 heteroatoms. The van der Waals surface area contributed by atoms with Gasteiger partial charge in [0.05, 0.1) is 0 Å². The molecule has 5 nitrogen and oxygen atoms in total. The predicted molar refractivity (Wildman–Crippen MR) is 82.3 cm³/mol. The molecule has 0 radical (unpaired) electrons. The Morgan fingerprint density at radius 3 is 2.76 bits per heavy atom. The number of piperidine rings is 1. The fourth-order valence-corrected chi connectivity index (χ4v) is 5.23. The molecule has 2 saturated carbocycles. The summed E-state index contributed by atoms with van der Waals surface area (Å²) in [4.78, 5) is 25.9. The van der Waals surface area contributed by atoms with Crippen LogP contribution >= 0.6 is 11.8 Å². The van der Waals surface area contributed by atoms with Gasteiger partial charge in [0.2, 0.25) is 5.91 Å². The number of fused-ring (bicyclic) bond motifs is 1. The van der Waals surface area contributed by atoms with E-state index in [1.54, 1.807) is 12.1 Å². The van der Waals surface area contributed by atoms with E-state index in [9.17, 15) is 9.59 Å². The first-order valence-electron chi connectivity index (χ1n) is 7.85. The van der Waals surface area contributed by atoms with Gasteiger partial charge in [0.15, 0.2) is 6.29 Å². The van der Waals surface area contributed by atoms with E-state index in [0.29, 0.717) is 10.5 Å². The first-order valence-corrected chi connectivity index (χ1v) is 8.73. The van der Waals surface area contributed by atoms with E-state index in [4.69, 9.17) is 0 Å². The van der Waals surface area contributed by atoms with E-state index in [1.807, 2.05) is 4.90 Å². The van der Waals surface area contributed by atoms with Gasteiger partial charge in [-0.15, -0.1) is 11.8 Å². The van der Waals surface area contributed by atoms with Crippen LogP contribution in [0, 0.1) is 5.92 Å². The number of hydrogen-bond acceptors (Lipinski definition) is 5. The Morgan fingerprint density at radius 1 is 1.38 bits per heavy atom. The van der Waals surface area contributed by atoms with Crippen molar-refractivity contribution < 1.29 is 9.59 Å². The van der Waals surface area contributed by atoms with E-state index in [-0.39, 0.29) is 17.9 Å². The van der Waals surface area contributed by atoms with Crippen LogP contribution in [0.1, 0.15) is 32.1 Å². The predicted octanol–water partition coefficient (Wildman–Crippen LogP) is 1.13. The van der Waals surface area contributed by atoms with Crippen molar-refractivity contribution in [2.75, 3.05) is 20.1 Å². The van der Waals surface area contributed by atoms with Crippen molar-refractivity contribution in [2.24, 2.45) is 11.0 Å². The standard InChI is InChI=1S/C15H21N3O2S/c1-17-13-11(12(8-19)16-17)4-7-18(14(13)20)9-15(5-6-15)21-10-2-3-10/h8,10-11,13H,2-7,9H2,1H3. The summed E-state index contributed by atoms with van der Waals surface area (Å²) in [6.45, 7) is 1.66. The topological polar surface area (TPSA) is 53.0 Å². The van der Waals surface area contributed by atoms with Gasteiger partial charge in [0.1, 0.15) is 11.8 Å². The maximum absolute atomic E-state index is 12.8. The number of amides is 1. The minimum Gasteiger partial charge on any atom is -0.339 e. The third-order valence-corrected chi connectivity index (χ3v) is 6.90. The highest BCUT2D eigenvalue weighted by Gasteiger charge is 2.52. The maximum Gasteiger partial charge on any atom is 0.247 e. The molecule has 3 fully saturated rings. The minimum absolute atomic E-state index is 0.00230. The first kappa shape index (κ1) is 13.6. The van der Waals surface area contributed by atoms with Gasteiger partial charge in [-0.25, -0.2) is 0 Å². The van der Waals surface area contributed by atoms with Crippen molar-refractivity contribution in [3.63, 3.8) is 0 Å². The molecule has 1 amide bonds. The Kier molecular flexibility index (Phi) is 3.07. The third-order valence-electron chi connectivity index (χ3n) is 5.06. The van der Waals surface area contributed by atoms with Crippen LogP contribution in [0.5, 0.6) is 0 Å². The molecule has 2 unspecified atom stereocenters. The lowest BCUT2D eigenvalue weighted by atomic mass is 9.88. The highest BCUT2D eigenvalue weighted by molar-refractivity contribution is 8.01. The van der Waals surface area contributed by atoms with E-state index < -0.39 is 0 Å². The minimum atomic E-state index is -0.249. The Balaban J connectivity index is 1.45. The molecule has 0 aromatic carbocycles. The van der Waals surface area contributed by atoms with Crippen LogP contribution in [0.4, 0.5) is 0 Å². The molecular formula is C15H21N3O2S. The molecule has 0 N–H and O–H groups in total. The second-order valence-electron chi connectivity index (χ2n) is 6.82. The second-order valence-corrected chi connectivity index (χ2v) is 8.58. The van der Waals surface area contributed by atoms with Gasteiger partial charge in [-0.1, -0.05) is 0 Å². The summed E-state index contributed by atoms with van der Waals surface area (Å²) in [6.07, 6.45) is 6.88. The van der Waals surface area contributed by atoms with Gasteiger partial charge in [0, 0.05) is 36.1 Å². The number of carbonyl (C=O) groups is 2. The smallest absolute Gasteiger partial charge is 0.247 e. The molecule has 21 heavy (non-hydrogen) atoms. The highest BCUT2D eigenvalue weighted by Crippen LogP contribution is 2.55. The number of likely N-dealkylation sites (N-methyl/N-ethyl adjacent to an activating group) is 1. The summed E-state index contributed by atoms with van der Waals surface area (Å²) in [5, 5.41) is 6.77. The van der Waals surface area contributed by atoms with Gasteiger partial charge >= 0.3 is 0 Å². The average molecular weight is 307 g/mol. The number of thioether (sulfide) groups is 1. The van der Waals surface area contributed by atoms with E-state index in [2.05, 4.69) is 16.9 Å². The number of nitrogens with zero attached hydrogens (tertiary/aromatic N) is 3. The molecule has 0 spiro atoms. The lowest BCUT2D eigenvalue weighted by molar-refractivity contribution is -0.140. The summed E-state index contributed by atoms with van der Waals surface area (Å²) in [6, 6.07) is -0.249. The molecule has 0 aromatic rings. The lowest BCUT2D eigenvalue weighted by Gasteiger charge is -2.38. The summed E-state index contributed by atoms with van der Waals surface area (Å²) >= 11 is 2.11. The molecule has 4 rings (SSSR count). The quantitative estimate of drug-likeness (QED) is 0.715. The van der Waals surface area contributed by atoms with E-state index >= 15 is 0 Å². The molecule has 4 aliphatic rings. The molecule has 2 aliphatic heterocycles. The average Bonchev–Trinajstić information content (AvgIpc) is 3.38. The van der Waals surface area contributed by atoms with Gasteiger partial charge in [-0.05, 0) is 32.1 Å². The van der Waals surface area contributed by atoms with Gasteiger partial charge < -0.3 is 4.90 Å². The molecular weight excluding hydrogens is 286 g/mol. The zero-order valence-electron chi connectivity index (χ0n) is 12.3. The molecule has 0 bridgehead atoms. The van der Waals surface area contributed by atoms with Crippen LogP contribution < -0.4 is 0 Å². The zero-order chi connectivity index (χ0) is 14.6. The number of hydrogen-bond donors (Lipinski definition) is 0. The molecule has 0 aromatic heterocycles. The molecule has 2 aliphatic carbocycles. The summed E-state index contributed by atoms with van der Waals surface area (Å²) in [5.41, 5.74) is 0.545. The van der Waals surface area contributed by atoms with Crippen molar-refractivity contribution in [2.45, 2.75) is 48.1 Å². The zero-order valence-corrected chi connectivity index (χ0v) is 13.1. The Morgan fingerprint density at radius 2 is 2.14 bits per heavy atom. The number of likely N-dealkylation sites (tertiary alicyclic amines) is 1. The summed E-state index contributed by atoms with van der Waals surface area (Å²) < 4.78 is 0.342. The normalized spacial score (nSPS) is 33.8. The largest absolute Gasteiger partial charge is 0.339 e. The Bertz CT molecular complexity index is 513. The van der Waals surface area contributed by atoms with Crippen LogP contribution in [0.15, 0.2) is 5.10 Å². The van der Waals surface area contributed by atoms with Crippen molar-refractivity contribution in [3.8, 4) is 0 Å². The lowest BCUT2D eigenvalue weighted by Crippen LogP contribution is -2.54. The van der Waals surface area contributed by atoms with Gasteiger partial charge in [-0.3, -0.25) is 14.6 Å². The summed E-state index contributed by atoms with van der Waals surface area (Å²) in [5.74, 6) is 0.166. The molecule has 114 valence electrons. The van der Waals surface area contributed by atoms with Crippen LogP contribution in [-0.4, -0.2) is 64.0 Å². The van der Waals surface area contributed by atoms with E-state index in [0.717, 1.165) is 31.0 Å². The molecule has 1 saturated heterocycles. The molecule has 2 atom stereocenters. The highest BCUT2D eigenvalue weighted by atomic mass is 32.2. The third kappa shape index (κ3) is 2.37. The number of hydrazone groups is 1. The van der Waals surface area contributed by atoms with Gasteiger partial charge in [-0.2, -0.15) is 5.10 Å². The number of carbonyl (C=O) groups excluding carboxylic acids is 2. The van der Waals surface area contributed by atoms with Crippen LogP contribution in [-0.2, 0) is 9.59 Å². The Labute approximate surface area is 129 Å². The van der Waals surface area contributed by atoms with Crippen molar-refractivity contribution in [1.29, 1.82) is 0 Å². The number of rotatable bonds is 5. The maximum atomic E-state index is 12.8. The van der Waals surface area contributed by atoms with Crippen LogP contribution in [0.25, 0.3) is 0 Å². The SMILES string of the molecule is CN1N=C(C=O)C2CCN(CC3(SC4CC4)CC3)C(=O)C21.